The molecular formula is C69H112O6. The molecule has 6 nitrogen and oxygen atoms in total. The molecule has 0 aromatic heterocycles. The highest BCUT2D eigenvalue weighted by molar-refractivity contribution is 5.71. The number of hydrogen-bond acceptors (Lipinski definition) is 6. The van der Waals surface area contributed by atoms with Gasteiger partial charge in [-0.1, -0.05) is 244 Å². The average Bonchev–Trinajstić information content (AvgIpc) is 3.41. The van der Waals surface area contributed by atoms with Crippen molar-refractivity contribution in [1.82, 2.24) is 0 Å². The smallest absolute Gasteiger partial charge is 0.306 e. The molecule has 0 fully saturated rings. The second kappa shape index (κ2) is 62.1. The molecule has 0 saturated carbocycles. The van der Waals surface area contributed by atoms with Gasteiger partial charge in [0.2, 0.25) is 0 Å². The summed E-state index contributed by atoms with van der Waals surface area (Å²) in [7, 11) is 0. The summed E-state index contributed by atoms with van der Waals surface area (Å²) < 4.78 is 16.9. The van der Waals surface area contributed by atoms with Gasteiger partial charge in [-0.15, -0.1) is 0 Å². The zero-order valence-corrected chi connectivity index (χ0v) is 48.5. The van der Waals surface area contributed by atoms with Crippen LogP contribution in [0, 0.1) is 0 Å². The summed E-state index contributed by atoms with van der Waals surface area (Å²) in [4.78, 5) is 38.3. The van der Waals surface area contributed by atoms with Crippen molar-refractivity contribution in [2.45, 2.75) is 271 Å². The molecule has 0 heterocycles. The van der Waals surface area contributed by atoms with Crippen LogP contribution < -0.4 is 0 Å². The van der Waals surface area contributed by atoms with Crippen LogP contribution in [0.2, 0.25) is 0 Å². The van der Waals surface area contributed by atoms with Crippen LogP contribution in [-0.4, -0.2) is 37.2 Å². The van der Waals surface area contributed by atoms with E-state index in [4.69, 9.17) is 14.2 Å². The normalized spacial score (nSPS) is 13.1. The third kappa shape index (κ3) is 60.3. The number of unbranched alkanes of at least 4 members (excludes halogenated alkanes) is 21. The summed E-state index contributed by atoms with van der Waals surface area (Å²) in [5.74, 6) is -0.947. The minimum absolute atomic E-state index is 0.101. The van der Waals surface area contributed by atoms with Gasteiger partial charge < -0.3 is 14.2 Å². The van der Waals surface area contributed by atoms with Gasteiger partial charge in [-0.05, 0) is 135 Å². The zero-order valence-electron chi connectivity index (χ0n) is 48.5. The third-order valence-electron chi connectivity index (χ3n) is 12.6. The van der Waals surface area contributed by atoms with Crippen molar-refractivity contribution in [2.24, 2.45) is 0 Å². The van der Waals surface area contributed by atoms with Crippen molar-refractivity contribution in [3.8, 4) is 0 Å². The molecule has 6 heteroatoms. The lowest BCUT2D eigenvalue weighted by Crippen LogP contribution is -2.30. The van der Waals surface area contributed by atoms with Gasteiger partial charge in [-0.25, -0.2) is 0 Å². The quantitative estimate of drug-likeness (QED) is 0.0261. The Labute approximate surface area is 462 Å². The highest BCUT2D eigenvalue weighted by Gasteiger charge is 2.19. The fraction of sp³-hybridized carbons (Fsp3) is 0.638. The molecule has 75 heavy (non-hydrogen) atoms. The first-order valence-electron chi connectivity index (χ1n) is 30.7. The van der Waals surface area contributed by atoms with E-state index in [1.54, 1.807) is 0 Å². The Bertz CT molecular complexity index is 1620. The van der Waals surface area contributed by atoms with Crippen LogP contribution in [0.1, 0.15) is 265 Å². The second-order valence-electron chi connectivity index (χ2n) is 19.8. The lowest BCUT2D eigenvalue weighted by Gasteiger charge is -2.18. The van der Waals surface area contributed by atoms with E-state index < -0.39 is 6.10 Å². The van der Waals surface area contributed by atoms with Crippen molar-refractivity contribution in [1.29, 1.82) is 0 Å². The molecule has 0 rings (SSSR count). The SMILES string of the molecule is CC/C=C\C/C=C\C/C=C\C/C=C\C/C=C\CCCCCCCC(=O)OCC(COC(=O)CCCCCCC/C=C\CCCCCCCC)OC(=O)CCCCCCC/C=C\C/C=C\C/C=C\C/C=C\C/C=C\CC. The molecule has 0 amide bonds. The van der Waals surface area contributed by atoms with Gasteiger partial charge in [-0.3, -0.25) is 14.4 Å². The number of carbonyl (C=O) groups is 3. The summed E-state index contributed by atoms with van der Waals surface area (Å²) >= 11 is 0. The van der Waals surface area contributed by atoms with Gasteiger partial charge in [0.05, 0.1) is 0 Å². The Morgan fingerprint density at radius 3 is 0.827 bits per heavy atom. The Kier molecular flexibility index (Phi) is 58.4. The van der Waals surface area contributed by atoms with Gasteiger partial charge in [0, 0.05) is 19.3 Å². The molecule has 0 aromatic rings. The van der Waals surface area contributed by atoms with Crippen molar-refractivity contribution < 1.29 is 28.6 Å². The van der Waals surface area contributed by atoms with Gasteiger partial charge in [0.1, 0.15) is 13.2 Å². The topological polar surface area (TPSA) is 78.9 Å². The van der Waals surface area contributed by atoms with Crippen molar-refractivity contribution in [3.63, 3.8) is 0 Å². The molecule has 0 aliphatic heterocycles. The molecule has 0 aliphatic rings. The minimum Gasteiger partial charge on any atom is -0.462 e. The van der Waals surface area contributed by atoms with E-state index in [9.17, 15) is 14.4 Å². The summed E-state index contributed by atoms with van der Waals surface area (Å²) in [5.41, 5.74) is 0. The fourth-order valence-electron chi connectivity index (χ4n) is 8.08. The molecule has 0 saturated heterocycles. The van der Waals surface area contributed by atoms with Gasteiger partial charge in [0.15, 0.2) is 6.10 Å². The Morgan fingerprint density at radius 1 is 0.280 bits per heavy atom. The maximum absolute atomic E-state index is 12.9. The predicted molar refractivity (Wildman–Crippen MR) is 325 cm³/mol. The minimum atomic E-state index is -0.807. The Hall–Kier alpha value is -4.45. The first-order valence-corrected chi connectivity index (χ1v) is 30.7. The number of allylic oxidation sites excluding steroid dienone is 22. The van der Waals surface area contributed by atoms with E-state index in [0.717, 1.165) is 173 Å². The zero-order chi connectivity index (χ0) is 54.3. The highest BCUT2D eigenvalue weighted by atomic mass is 16.6. The third-order valence-corrected chi connectivity index (χ3v) is 12.6. The summed E-state index contributed by atoms with van der Waals surface area (Å²) in [5, 5.41) is 0. The second-order valence-corrected chi connectivity index (χ2v) is 19.8. The Balaban J connectivity index is 4.49. The monoisotopic (exact) mass is 1040 g/mol. The van der Waals surface area contributed by atoms with Crippen molar-refractivity contribution >= 4 is 17.9 Å². The molecule has 0 bridgehead atoms. The molecule has 0 N–H and O–H groups in total. The van der Waals surface area contributed by atoms with Crippen LogP contribution in [-0.2, 0) is 28.6 Å². The van der Waals surface area contributed by atoms with Crippen LogP contribution in [0.4, 0.5) is 0 Å². The number of hydrogen-bond donors (Lipinski definition) is 0. The van der Waals surface area contributed by atoms with Crippen molar-refractivity contribution in [2.75, 3.05) is 13.2 Å². The standard InChI is InChI=1S/C69H112O6/c1-4-7-10-13-16-19-22-25-28-30-32-34-36-38-41-44-47-50-53-56-59-62-68(71)74-65-66(64-73-67(70)61-58-55-52-49-46-43-40-27-24-21-18-15-12-9-6-3)75-69(72)63-60-57-54-51-48-45-42-39-37-35-33-31-29-26-23-20-17-14-11-8-5-2/h7-8,10-11,16-17,19-20,25-29,32-35,38-42,66H,4-6,9,12-15,18,21-24,30-31,36-37,43-65H2,1-3H3/b10-7-,11-8-,19-16-,20-17-,28-25-,29-26-,34-32-,35-33-,40-27-,41-38-,42-39-. The molecule has 0 spiro atoms. The first kappa shape index (κ1) is 70.5. The summed E-state index contributed by atoms with van der Waals surface area (Å²) in [6.45, 7) is 6.37. The molecule has 1 atom stereocenters. The highest BCUT2D eigenvalue weighted by Crippen LogP contribution is 2.14. The van der Waals surface area contributed by atoms with E-state index >= 15 is 0 Å². The molecule has 0 radical (unpaired) electrons. The number of rotatable bonds is 54. The van der Waals surface area contributed by atoms with Gasteiger partial charge >= 0.3 is 17.9 Å². The van der Waals surface area contributed by atoms with Crippen LogP contribution in [0.3, 0.4) is 0 Å². The molecule has 1 unspecified atom stereocenters. The maximum Gasteiger partial charge on any atom is 0.306 e. The number of esters is 3. The van der Waals surface area contributed by atoms with E-state index in [2.05, 4.69) is 154 Å². The molecule has 0 aliphatic carbocycles. The average molecular weight is 1040 g/mol. The fourth-order valence-corrected chi connectivity index (χ4v) is 8.08. The molecule has 0 aromatic carbocycles. The van der Waals surface area contributed by atoms with E-state index in [-0.39, 0.29) is 31.1 Å². The van der Waals surface area contributed by atoms with Gasteiger partial charge in [0.25, 0.3) is 0 Å². The van der Waals surface area contributed by atoms with Crippen LogP contribution >= 0.6 is 0 Å². The van der Waals surface area contributed by atoms with E-state index in [1.807, 2.05) is 0 Å². The molecule has 424 valence electrons. The lowest BCUT2D eigenvalue weighted by molar-refractivity contribution is -0.167. The predicted octanol–water partition coefficient (Wildman–Crippen LogP) is 21.0. The first-order chi connectivity index (χ1) is 37.0. The van der Waals surface area contributed by atoms with E-state index in [1.165, 1.54) is 51.4 Å². The number of ether oxygens (including phenoxy) is 3. The van der Waals surface area contributed by atoms with E-state index in [0.29, 0.717) is 19.3 Å². The largest absolute Gasteiger partial charge is 0.462 e. The molecular weight excluding hydrogens is 925 g/mol. The summed E-state index contributed by atoms with van der Waals surface area (Å²) in [6.07, 6.45) is 87.2. The van der Waals surface area contributed by atoms with Crippen LogP contribution in [0.25, 0.3) is 0 Å². The van der Waals surface area contributed by atoms with Crippen molar-refractivity contribution in [3.05, 3.63) is 134 Å². The summed E-state index contributed by atoms with van der Waals surface area (Å²) in [6, 6.07) is 0. The van der Waals surface area contributed by atoms with Crippen LogP contribution in [0.5, 0.6) is 0 Å². The Morgan fingerprint density at radius 2 is 0.520 bits per heavy atom. The number of carbonyl (C=O) groups excluding carboxylic acids is 3. The van der Waals surface area contributed by atoms with Gasteiger partial charge in [-0.2, -0.15) is 0 Å². The lowest BCUT2D eigenvalue weighted by atomic mass is 10.1. The maximum atomic E-state index is 12.9. The van der Waals surface area contributed by atoms with Crippen LogP contribution in [0.15, 0.2) is 134 Å².